The van der Waals surface area contributed by atoms with Crippen molar-refractivity contribution in [1.29, 1.82) is 0 Å². The lowest BCUT2D eigenvalue weighted by atomic mass is 10.1. The van der Waals surface area contributed by atoms with Crippen LogP contribution in [0.15, 0.2) is 12.7 Å². The standard InChI is InChI=1S/C11H19ClN2O4/c1-3-5-8(14-12)10(16)11(17)13-7-9(15)18-6-4-2/h4,8,10,14,16H,2-3,5-7H2,1H3,(H,13,17). The monoisotopic (exact) mass is 278 g/mol. The smallest absolute Gasteiger partial charge is 0.325 e. The van der Waals surface area contributed by atoms with Gasteiger partial charge in [-0.3, -0.25) is 9.59 Å². The van der Waals surface area contributed by atoms with E-state index in [1.807, 2.05) is 6.92 Å². The molecule has 0 heterocycles. The van der Waals surface area contributed by atoms with Crippen molar-refractivity contribution in [2.45, 2.75) is 31.9 Å². The van der Waals surface area contributed by atoms with E-state index in [2.05, 4.69) is 21.5 Å². The number of rotatable bonds is 9. The van der Waals surface area contributed by atoms with Crippen molar-refractivity contribution in [3.8, 4) is 0 Å². The summed E-state index contributed by atoms with van der Waals surface area (Å²) in [4.78, 5) is 24.9. The fraction of sp³-hybridized carbons (Fsp3) is 0.636. The molecule has 0 rings (SSSR count). The van der Waals surface area contributed by atoms with E-state index in [0.717, 1.165) is 6.42 Å². The molecular weight excluding hydrogens is 260 g/mol. The van der Waals surface area contributed by atoms with Gasteiger partial charge >= 0.3 is 5.97 Å². The van der Waals surface area contributed by atoms with E-state index in [1.165, 1.54) is 6.08 Å². The van der Waals surface area contributed by atoms with Crippen LogP contribution in [0, 0.1) is 0 Å². The van der Waals surface area contributed by atoms with Crippen molar-refractivity contribution >= 4 is 23.7 Å². The van der Waals surface area contributed by atoms with E-state index < -0.39 is 24.0 Å². The first-order valence-electron chi connectivity index (χ1n) is 5.65. The van der Waals surface area contributed by atoms with Crippen LogP contribution in [0.25, 0.3) is 0 Å². The molecule has 0 aliphatic heterocycles. The quantitative estimate of drug-likeness (QED) is 0.316. The average Bonchev–Trinajstić information content (AvgIpc) is 2.38. The number of aliphatic hydroxyl groups excluding tert-OH is 1. The SMILES string of the molecule is C=CCOC(=O)CNC(=O)C(O)C(CCC)NCl. The maximum atomic E-state index is 11.5. The Hall–Kier alpha value is -1.11. The van der Waals surface area contributed by atoms with Gasteiger partial charge in [0.2, 0.25) is 0 Å². The third-order valence-corrected chi connectivity index (χ3v) is 2.44. The maximum absolute atomic E-state index is 11.5. The molecule has 6 nitrogen and oxygen atoms in total. The van der Waals surface area contributed by atoms with Gasteiger partial charge in [-0.2, -0.15) is 0 Å². The average molecular weight is 279 g/mol. The molecule has 0 saturated carbocycles. The zero-order chi connectivity index (χ0) is 14.0. The van der Waals surface area contributed by atoms with Crippen molar-refractivity contribution in [3.05, 3.63) is 12.7 Å². The van der Waals surface area contributed by atoms with Crippen LogP contribution in [0.3, 0.4) is 0 Å². The fourth-order valence-electron chi connectivity index (χ4n) is 1.23. The van der Waals surface area contributed by atoms with Crippen LogP contribution in [0.1, 0.15) is 19.8 Å². The summed E-state index contributed by atoms with van der Waals surface area (Å²) in [6, 6.07) is -0.555. The summed E-state index contributed by atoms with van der Waals surface area (Å²) in [5.74, 6) is -1.27. The number of amides is 1. The molecule has 7 heteroatoms. The molecule has 0 aromatic carbocycles. The summed E-state index contributed by atoms with van der Waals surface area (Å²) < 4.78 is 4.66. The van der Waals surface area contributed by atoms with Gasteiger partial charge in [0.25, 0.3) is 5.91 Å². The third-order valence-electron chi connectivity index (χ3n) is 2.16. The number of aliphatic hydroxyl groups is 1. The Kier molecular flexibility index (Phi) is 9.26. The predicted molar refractivity (Wildman–Crippen MR) is 67.9 cm³/mol. The van der Waals surface area contributed by atoms with E-state index in [9.17, 15) is 14.7 Å². The highest BCUT2D eigenvalue weighted by Crippen LogP contribution is 2.03. The van der Waals surface area contributed by atoms with Crippen LogP contribution in [-0.2, 0) is 14.3 Å². The van der Waals surface area contributed by atoms with Crippen LogP contribution < -0.4 is 10.2 Å². The lowest BCUT2D eigenvalue weighted by molar-refractivity contribution is -0.144. The highest BCUT2D eigenvalue weighted by atomic mass is 35.5. The minimum Gasteiger partial charge on any atom is -0.460 e. The molecule has 0 fully saturated rings. The Labute approximate surface area is 111 Å². The Bertz CT molecular complexity index is 286. The van der Waals surface area contributed by atoms with Crippen LogP contribution >= 0.6 is 11.8 Å². The van der Waals surface area contributed by atoms with Crippen LogP contribution in [0.4, 0.5) is 0 Å². The highest BCUT2D eigenvalue weighted by Gasteiger charge is 2.25. The molecule has 0 aromatic heterocycles. The van der Waals surface area contributed by atoms with Gasteiger partial charge in [0.1, 0.15) is 19.3 Å². The molecule has 0 saturated heterocycles. The van der Waals surface area contributed by atoms with Gasteiger partial charge in [-0.05, 0) is 18.2 Å². The first kappa shape index (κ1) is 16.9. The first-order valence-corrected chi connectivity index (χ1v) is 6.03. The van der Waals surface area contributed by atoms with E-state index in [4.69, 9.17) is 11.8 Å². The van der Waals surface area contributed by atoms with Crippen LogP contribution in [0.2, 0.25) is 0 Å². The molecule has 1 amide bonds. The second-order valence-corrected chi connectivity index (χ2v) is 3.86. The summed E-state index contributed by atoms with van der Waals surface area (Å²) in [6.07, 6.45) is 1.41. The van der Waals surface area contributed by atoms with Crippen molar-refractivity contribution in [1.82, 2.24) is 10.2 Å². The lowest BCUT2D eigenvalue weighted by Gasteiger charge is -2.19. The van der Waals surface area contributed by atoms with Crippen molar-refractivity contribution < 1.29 is 19.4 Å². The van der Waals surface area contributed by atoms with Gasteiger partial charge in [-0.15, -0.1) is 0 Å². The summed E-state index contributed by atoms with van der Waals surface area (Å²) in [6.45, 7) is 5.07. The zero-order valence-corrected chi connectivity index (χ0v) is 11.1. The van der Waals surface area contributed by atoms with Gasteiger partial charge in [0.15, 0.2) is 0 Å². The van der Waals surface area contributed by atoms with Crippen molar-refractivity contribution in [2.75, 3.05) is 13.2 Å². The molecule has 2 unspecified atom stereocenters. The number of hydrogen-bond donors (Lipinski definition) is 3. The molecule has 104 valence electrons. The number of hydrogen-bond acceptors (Lipinski definition) is 5. The number of carbonyl (C=O) groups is 2. The van der Waals surface area contributed by atoms with E-state index in [0.29, 0.717) is 6.42 Å². The fourth-order valence-corrected chi connectivity index (χ4v) is 1.46. The summed E-state index contributed by atoms with van der Waals surface area (Å²) in [5.41, 5.74) is 0. The molecule has 0 aromatic rings. The minimum absolute atomic E-state index is 0.0823. The number of nitrogens with one attached hydrogen (secondary N) is 2. The zero-order valence-electron chi connectivity index (χ0n) is 10.3. The minimum atomic E-state index is -1.31. The summed E-state index contributed by atoms with van der Waals surface area (Å²) >= 11 is 5.42. The Morgan fingerprint density at radius 1 is 1.56 bits per heavy atom. The summed E-state index contributed by atoms with van der Waals surface area (Å²) in [5, 5.41) is 11.9. The number of esters is 1. The van der Waals surface area contributed by atoms with Gasteiger partial charge in [-0.1, -0.05) is 26.0 Å². The Balaban J connectivity index is 4.06. The van der Waals surface area contributed by atoms with E-state index >= 15 is 0 Å². The van der Waals surface area contributed by atoms with Gasteiger partial charge in [-0.25, -0.2) is 4.84 Å². The Morgan fingerprint density at radius 2 is 2.22 bits per heavy atom. The number of carbonyl (C=O) groups excluding carboxylic acids is 2. The van der Waals surface area contributed by atoms with Crippen molar-refractivity contribution in [3.63, 3.8) is 0 Å². The molecule has 0 spiro atoms. The molecule has 2 atom stereocenters. The van der Waals surface area contributed by atoms with Crippen LogP contribution in [-0.4, -0.2) is 42.3 Å². The molecular formula is C11H19ClN2O4. The summed E-state index contributed by atoms with van der Waals surface area (Å²) in [7, 11) is 0. The first-order chi connectivity index (χ1) is 8.56. The molecule has 3 N–H and O–H groups in total. The molecule has 0 aliphatic rings. The third kappa shape index (κ3) is 6.58. The number of ether oxygens (including phenoxy) is 1. The lowest BCUT2D eigenvalue weighted by Crippen LogP contribution is -2.47. The van der Waals surface area contributed by atoms with E-state index in [-0.39, 0.29) is 13.2 Å². The number of halogens is 1. The second kappa shape index (κ2) is 9.87. The second-order valence-electron chi connectivity index (χ2n) is 3.64. The largest absolute Gasteiger partial charge is 0.460 e. The van der Waals surface area contributed by atoms with Gasteiger partial charge < -0.3 is 15.2 Å². The highest BCUT2D eigenvalue weighted by molar-refractivity contribution is 6.13. The normalized spacial score (nSPS) is 13.5. The van der Waals surface area contributed by atoms with Gasteiger partial charge in [0.05, 0.1) is 6.04 Å². The molecule has 0 radical (unpaired) electrons. The predicted octanol–water partition coefficient (Wildman–Crippen LogP) is 0.105. The molecule has 0 aliphatic carbocycles. The van der Waals surface area contributed by atoms with Crippen LogP contribution in [0.5, 0.6) is 0 Å². The van der Waals surface area contributed by atoms with Gasteiger partial charge in [0, 0.05) is 0 Å². The van der Waals surface area contributed by atoms with Crippen molar-refractivity contribution in [2.24, 2.45) is 0 Å². The molecule has 18 heavy (non-hydrogen) atoms. The van der Waals surface area contributed by atoms with E-state index in [1.54, 1.807) is 0 Å². The topological polar surface area (TPSA) is 87.7 Å². The molecule has 0 bridgehead atoms. The maximum Gasteiger partial charge on any atom is 0.325 e. The Morgan fingerprint density at radius 3 is 2.72 bits per heavy atom.